The van der Waals surface area contributed by atoms with Crippen molar-refractivity contribution in [1.82, 2.24) is 14.9 Å². The van der Waals surface area contributed by atoms with Crippen molar-refractivity contribution in [3.8, 4) is 0 Å². The quantitative estimate of drug-likeness (QED) is 0.554. The highest BCUT2D eigenvalue weighted by atomic mass is 32.1. The number of amides is 1. The van der Waals surface area contributed by atoms with Gasteiger partial charge in [-0.3, -0.25) is 4.79 Å². The maximum Gasteiger partial charge on any atom is 0.254 e. The summed E-state index contributed by atoms with van der Waals surface area (Å²) in [4.78, 5) is 22.7. The maximum atomic E-state index is 13.5. The van der Waals surface area contributed by atoms with E-state index in [9.17, 15) is 9.18 Å². The van der Waals surface area contributed by atoms with Crippen molar-refractivity contribution >= 4 is 17.2 Å². The van der Waals surface area contributed by atoms with Crippen molar-refractivity contribution < 1.29 is 13.9 Å². The van der Waals surface area contributed by atoms with E-state index in [4.69, 9.17) is 4.74 Å². The molecule has 2 aromatic heterocycles. The molecule has 0 radical (unpaired) electrons. The van der Waals surface area contributed by atoms with Gasteiger partial charge in [-0.05, 0) is 31.4 Å². The van der Waals surface area contributed by atoms with Crippen LogP contribution in [0.15, 0.2) is 54.0 Å². The summed E-state index contributed by atoms with van der Waals surface area (Å²) >= 11 is 1.62. The molecule has 1 saturated heterocycles. The molecule has 0 bridgehead atoms. The highest BCUT2D eigenvalue weighted by Gasteiger charge is 2.33. The van der Waals surface area contributed by atoms with Crippen LogP contribution in [0, 0.1) is 18.8 Å². The molecular weight excluding hydrogens is 401 g/mol. The zero-order chi connectivity index (χ0) is 20.9. The minimum atomic E-state index is -0.640. The van der Waals surface area contributed by atoms with E-state index in [0.717, 1.165) is 23.5 Å². The van der Waals surface area contributed by atoms with E-state index in [0.29, 0.717) is 25.3 Å². The molecular formula is C23H24FN3O2S. The van der Waals surface area contributed by atoms with Crippen LogP contribution < -0.4 is 0 Å². The van der Waals surface area contributed by atoms with Crippen LogP contribution in [0.5, 0.6) is 0 Å². The lowest BCUT2D eigenvalue weighted by atomic mass is 9.88. The molecule has 1 amide bonds. The molecule has 156 valence electrons. The number of thiazole rings is 1. The SMILES string of the molecule is Cc1nc(CO[C@@H]2CCN(C(=O)c3ccnc(F)c3)C[C@H]2Cc2ccccc2)cs1. The summed E-state index contributed by atoms with van der Waals surface area (Å²) in [5, 5.41) is 3.05. The van der Waals surface area contributed by atoms with Gasteiger partial charge in [0, 0.05) is 42.2 Å². The normalized spacial score (nSPS) is 19.1. The Bertz CT molecular complexity index is 995. The number of pyridine rings is 1. The Balaban J connectivity index is 1.47. The number of piperidine rings is 1. The lowest BCUT2D eigenvalue weighted by molar-refractivity contribution is -0.0381. The van der Waals surface area contributed by atoms with Gasteiger partial charge in [-0.1, -0.05) is 30.3 Å². The number of nitrogens with zero attached hydrogens (tertiary/aromatic N) is 3. The second kappa shape index (κ2) is 9.45. The third-order valence-electron chi connectivity index (χ3n) is 5.38. The van der Waals surface area contributed by atoms with E-state index in [2.05, 4.69) is 22.1 Å². The molecule has 4 rings (SSSR count). The molecule has 5 nitrogen and oxygen atoms in total. The highest BCUT2D eigenvalue weighted by molar-refractivity contribution is 7.09. The summed E-state index contributed by atoms with van der Waals surface area (Å²) in [6.07, 6.45) is 2.91. The minimum absolute atomic E-state index is 0.0328. The molecule has 0 spiro atoms. The topological polar surface area (TPSA) is 55.3 Å². The first-order chi connectivity index (χ1) is 14.6. The third-order valence-corrected chi connectivity index (χ3v) is 6.20. The molecule has 0 saturated carbocycles. The largest absolute Gasteiger partial charge is 0.371 e. The van der Waals surface area contributed by atoms with Crippen LogP contribution in [0.2, 0.25) is 0 Å². The number of hydrogen-bond donors (Lipinski definition) is 0. The van der Waals surface area contributed by atoms with Crippen LogP contribution in [-0.4, -0.2) is 40.0 Å². The van der Waals surface area contributed by atoms with Crippen molar-refractivity contribution in [1.29, 1.82) is 0 Å². The number of carbonyl (C=O) groups is 1. The zero-order valence-electron chi connectivity index (χ0n) is 16.8. The number of aryl methyl sites for hydroxylation is 1. The first-order valence-electron chi connectivity index (χ1n) is 10.1. The lowest BCUT2D eigenvalue weighted by Gasteiger charge is -2.38. The van der Waals surface area contributed by atoms with Crippen molar-refractivity contribution in [2.75, 3.05) is 13.1 Å². The molecule has 3 aromatic rings. The number of rotatable bonds is 6. The smallest absolute Gasteiger partial charge is 0.254 e. The number of aromatic nitrogens is 2. The number of hydrogen-bond acceptors (Lipinski definition) is 5. The van der Waals surface area contributed by atoms with Gasteiger partial charge in [0.2, 0.25) is 5.95 Å². The summed E-state index contributed by atoms with van der Waals surface area (Å²) in [6, 6.07) is 13.0. The van der Waals surface area contributed by atoms with E-state index < -0.39 is 5.95 Å². The second-order valence-electron chi connectivity index (χ2n) is 7.56. The number of likely N-dealkylation sites (tertiary alicyclic amines) is 1. The zero-order valence-corrected chi connectivity index (χ0v) is 17.6. The van der Waals surface area contributed by atoms with Gasteiger partial charge in [-0.25, -0.2) is 9.97 Å². The summed E-state index contributed by atoms with van der Waals surface area (Å²) in [7, 11) is 0. The summed E-state index contributed by atoms with van der Waals surface area (Å²) < 4.78 is 19.7. The first kappa shape index (κ1) is 20.6. The predicted molar refractivity (Wildman–Crippen MR) is 114 cm³/mol. The fourth-order valence-corrected chi connectivity index (χ4v) is 4.51. The van der Waals surface area contributed by atoms with Gasteiger partial charge in [-0.15, -0.1) is 11.3 Å². The standard InChI is InChI=1S/C23H24FN3O2S/c1-16-26-20(15-30-16)14-29-21-8-10-27(23(28)18-7-9-25-22(24)12-18)13-19(21)11-17-5-3-2-4-6-17/h2-7,9,12,15,19,21H,8,10-11,13-14H2,1H3/t19-,21-/m1/s1. The van der Waals surface area contributed by atoms with Crippen LogP contribution >= 0.6 is 11.3 Å². The van der Waals surface area contributed by atoms with Gasteiger partial charge >= 0.3 is 0 Å². The van der Waals surface area contributed by atoms with Crippen molar-refractivity contribution in [2.24, 2.45) is 5.92 Å². The third kappa shape index (κ3) is 5.09. The highest BCUT2D eigenvalue weighted by Crippen LogP contribution is 2.26. The predicted octanol–water partition coefficient (Wildman–Crippen LogP) is 4.28. The molecule has 0 aliphatic carbocycles. The Kier molecular flexibility index (Phi) is 6.50. The average Bonchev–Trinajstić information content (AvgIpc) is 3.18. The average molecular weight is 426 g/mol. The number of benzene rings is 1. The van der Waals surface area contributed by atoms with Crippen LogP contribution in [0.4, 0.5) is 4.39 Å². The molecule has 2 atom stereocenters. The van der Waals surface area contributed by atoms with Crippen LogP contribution in [0.3, 0.4) is 0 Å². The van der Waals surface area contributed by atoms with Crippen molar-refractivity contribution in [3.05, 3.63) is 81.8 Å². The van der Waals surface area contributed by atoms with E-state index >= 15 is 0 Å². The Labute approximate surface area is 179 Å². The maximum absolute atomic E-state index is 13.5. The molecule has 1 aliphatic heterocycles. The van der Waals surface area contributed by atoms with Crippen LogP contribution in [0.1, 0.15) is 33.0 Å². The van der Waals surface area contributed by atoms with E-state index in [-0.39, 0.29) is 17.9 Å². The fraction of sp³-hybridized carbons (Fsp3) is 0.348. The van der Waals surface area contributed by atoms with E-state index in [1.165, 1.54) is 17.8 Å². The monoisotopic (exact) mass is 425 g/mol. The van der Waals surface area contributed by atoms with Gasteiger partial charge in [0.15, 0.2) is 0 Å². The summed E-state index contributed by atoms with van der Waals surface area (Å²) in [5.41, 5.74) is 2.49. The van der Waals surface area contributed by atoms with E-state index in [1.807, 2.05) is 30.5 Å². The lowest BCUT2D eigenvalue weighted by Crippen LogP contribution is -2.47. The van der Waals surface area contributed by atoms with Gasteiger partial charge in [0.05, 0.1) is 23.4 Å². The van der Waals surface area contributed by atoms with Gasteiger partial charge in [0.1, 0.15) is 0 Å². The minimum Gasteiger partial charge on any atom is -0.371 e. The second-order valence-corrected chi connectivity index (χ2v) is 8.63. The summed E-state index contributed by atoms with van der Waals surface area (Å²) in [6.45, 7) is 3.61. The van der Waals surface area contributed by atoms with Crippen LogP contribution in [0.25, 0.3) is 0 Å². The fourth-order valence-electron chi connectivity index (χ4n) is 3.91. The molecule has 1 fully saturated rings. The number of carbonyl (C=O) groups excluding carboxylic acids is 1. The molecule has 7 heteroatoms. The summed E-state index contributed by atoms with van der Waals surface area (Å²) in [5.74, 6) is -0.655. The number of halogens is 1. The van der Waals surface area contributed by atoms with Crippen molar-refractivity contribution in [2.45, 2.75) is 32.5 Å². The Hall–Kier alpha value is -2.64. The van der Waals surface area contributed by atoms with Gasteiger partial charge in [-0.2, -0.15) is 4.39 Å². The van der Waals surface area contributed by atoms with Crippen molar-refractivity contribution in [3.63, 3.8) is 0 Å². The van der Waals surface area contributed by atoms with Crippen LogP contribution in [-0.2, 0) is 17.8 Å². The molecule has 1 aliphatic rings. The molecule has 1 aromatic carbocycles. The number of ether oxygens (including phenoxy) is 1. The van der Waals surface area contributed by atoms with E-state index in [1.54, 1.807) is 22.3 Å². The first-order valence-corrected chi connectivity index (χ1v) is 10.9. The van der Waals surface area contributed by atoms with Gasteiger partial charge in [0.25, 0.3) is 5.91 Å². The van der Waals surface area contributed by atoms with Gasteiger partial charge < -0.3 is 9.64 Å². The Morgan fingerprint density at radius 3 is 2.87 bits per heavy atom. The molecule has 0 unspecified atom stereocenters. The molecule has 3 heterocycles. The Morgan fingerprint density at radius 2 is 2.13 bits per heavy atom. The molecule has 0 N–H and O–H groups in total. The Morgan fingerprint density at radius 1 is 1.30 bits per heavy atom. The molecule has 30 heavy (non-hydrogen) atoms.